The van der Waals surface area contributed by atoms with Crippen molar-refractivity contribution >= 4 is 5.97 Å². The minimum absolute atomic E-state index is 0.178. The molecule has 2 rings (SSSR count). The smallest absolute Gasteiger partial charge is 0.303 e. The van der Waals surface area contributed by atoms with Gasteiger partial charge in [-0.1, -0.05) is 12.1 Å². The van der Waals surface area contributed by atoms with Crippen LogP contribution in [-0.2, 0) is 11.2 Å². The molecule has 0 aliphatic rings. The van der Waals surface area contributed by atoms with E-state index in [-0.39, 0.29) is 6.42 Å². The number of carboxylic acid groups (broad SMARTS) is 1. The molecule has 0 spiro atoms. The van der Waals surface area contributed by atoms with Gasteiger partial charge in [0.15, 0.2) is 0 Å². The second-order valence-corrected chi connectivity index (χ2v) is 5.34. The van der Waals surface area contributed by atoms with Crippen LogP contribution in [0, 0.1) is 27.7 Å². The van der Waals surface area contributed by atoms with E-state index in [1.807, 2.05) is 0 Å². The maximum atomic E-state index is 10.7. The number of nitrogens with zero attached hydrogens (tertiary/aromatic N) is 1. The van der Waals surface area contributed by atoms with Crippen LogP contribution in [0.1, 0.15) is 34.5 Å². The van der Waals surface area contributed by atoms with Crippen LogP contribution in [0.4, 0.5) is 0 Å². The molecular formula is C17H21NO2. The molecule has 0 fully saturated rings. The molecule has 0 aliphatic heterocycles. The third kappa shape index (κ3) is 2.62. The van der Waals surface area contributed by atoms with Crippen molar-refractivity contribution in [2.75, 3.05) is 0 Å². The molecule has 1 N–H and O–H groups in total. The minimum Gasteiger partial charge on any atom is -0.481 e. The minimum atomic E-state index is -0.749. The first-order valence-electron chi connectivity index (χ1n) is 6.88. The topological polar surface area (TPSA) is 42.2 Å². The number of carbonyl (C=O) groups is 1. The van der Waals surface area contributed by atoms with Crippen molar-refractivity contribution in [3.05, 3.63) is 52.3 Å². The second-order valence-electron chi connectivity index (χ2n) is 5.34. The van der Waals surface area contributed by atoms with Crippen LogP contribution in [0.15, 0.2) is 24.3 Å². The zero-order chi connectivity index (χ0) is 14.9. The van der Waals surface area contributed by atoms with Gasteiger partial charge in [0, 0.05) is 23.5 Å². The molecular weight excluding hydrogens is 250 g/mol. The first-order valence-corrected chi connectivity index (χ1v) is 6.88. The summed E-state index contributed by atoms with van der Waals surface area (Å²) in [6, 6.07) is 8.38. The molecule has 0 unspecified atom stereocenters. The van der Waals surface area contributed by atoms with Crippen molar-refractivity contribution in [2.45, 2.75) is 40.5 Å². The molecule has 0 radical (unpaired) electrons. The first kappa shape index (κ1) is 14.4. The number of hydrogen-bond acceptors (Lipinski definition) is 1. The van der Waals surface area contributed by atoms with E-state index in [0.29, 0.717) is 6.42 Å². The predicted octanol–water partition coefficient (Wildman–Crippen LogP) is 3.73. The van der Waals surface area contributed by atoms with Gasteiger partial charge in [0.05, 0.1) is 0 Å². The van der Waals surface area contributed by atoms with Crippen molar-refractivity contribution in [3.8, 4) is 5.69 Å². The number of aliphatic carboxylic acids is 1. The Bertz CT molecular complexity index is 653. The average Bonchev–Trinajstić information content (AvgIpc) is 2.66. The lowest BCUT2D eigenvalue weighted by Gasteiger charge is -2.14. The largest absolute Gasteiger partial charge is 0.481 e. The van der Waals surface area contributed by atoms with Crippen molar-refractivity contribution < 1.29 is 9.90 Å². The standard InChI is InChI=1S/C17H21NO2/c1-11-6-5-7-16(13(11)3)18-12(2)10-15(14(18)4)8-9-17(19)20/h5-7,10H,8-9H2,1-4H3,(H,19,20). The summed E-state index contributed by atoms with van der Waals surface area (Å²) >= 11 is 0. The molecule has 1 aromatic heterocycles. The molecule has 3 heteroatoms. The summed E-state index contributed by atoms with van der Waals surface area (Å²) < 4.78 is 2.22. The van der Waals surface area contributed by atoms with E-state index >= 15 is 0 Å². The van der Waals surface area contributed by atoms with E-state index in [2.05, 4.69) is 56.5 Å². The first-order chi connectivity index (χ1) is 9.41. The Balaban J connectivity index is 2.47. The van der Waals surface area contributed by atoms with Crippen LogP contribution in [0.25, 0.3) is 5.69 Å². The third-order valence-electron chi connectivity index (χ3n) is 3.96. The van der Waals surface area contributed by atoms with Crippen LogP contribution < -0.4 is 0 Å². The van der Waals surface area contributed by atoms with E-state index in [9.17, 15) is 4.79 Å². The average molecular weight is 271 g/mol. The fourth-order valence-corrected chi connectivity index (χ4v) is 2.67. The van der Waals surface area contributed by atoms with Gasteiger partial charge in [-0.15, -0.1) is 0 Å². The molecule has 106 valence electrons. The Labute approximate surface area is 119 Å². The highest BCUT2D eigenvalue weighted by molar-refractivity contribution is 5.67. The molecule has 1 heterocycles. The molecule has 1 aromatic carbocycles. The van der Waals surface area contributed by atoms with E-state index in [4.69, 9.17) is 5.11 Å². The summed E-state index contributed by atoms with van der Waals surface area (Å²) in [5, 5.41) is 8.83. The Morgan fingerprint density at radius 1 is 1.20 bits per heavy atom. The Kier molecular flexibility index (Phi) is 3.98. The van der Waals surface area contributed by atoms with Gasteiger partial charge >= 0.3 is 5.97 Å². The third-order valence-corrected chi connectivity index (χ3v) is 3.96. The van der Waals surface area contributed by atoms with E-state index < -0.39 is 5.97 Å². The lowest BCUT2D eigenvalue weighted by Crippen LogP contribution is -2.03. The van der Waals surface area contributed by atoms with Gasteiger partial charge in [-0.25, -0.2) is 0 Å². The summed E-state index contributed by atoms with van der Waals surface area (Å²) in [5.41, 5.74) is 7.11. The van der Waals surface area contributed by atoms with Crippen molar-refractivity contribution in [3.63, 3.8) is 0 Å². The van der Waals surface area contributed by atoms with Gasteiger partial charge in [-0.2, -0.15) is 0 Å². The highest BCUT2D eigenvalue weighted by Gasteiger charge is 2.13. The number of aryl methyl sites for hydroxylation is 3. The zero-order valence-electron chi connectivity index (χ0n) is 12.5. The molecule has 3 nitrogen and oxygen atoms in total. The number of rotatable bonds is 4. The van der Waals surface area contributed by atoms with Gasteiger partial charge in [0.1, 0.15) is 0 Å². The quantitative estimate of drug-likeness (QED) is 0.920. The Morgan fingerprint density at radius 3 is 2.55 bits per heavy atom. The van der Waals surface area contributed by atoms with Gasteiger partial charge in [0.25, 0.3) is 0 Å². The molecule has 0 bridgehead atoms. The fraction of sp³-hybridized carbons (Fsp3) is 0.353. The molecule has 0 saturated carbocycles. The summed E-state index contributed by atoms with van der Waals surface area (Å²) in [6.45, 7) is 8.36. The summed E-state index contributed by atoms with van der Waals surface area (Å²) in [7, 11) is 0. The zero-order valence-corrected chi connectivity index (χ0v) is 12.5. The van der Waals surface area contributed by atoms with Crippen molar-refractivity contribution in [1.29, 1.82) is 0 Å². The molecule has 0 atom stereocenters. The van der Waals surface area contributed by atoms with Crippen molar-refractivity contribution in [2.24, 2.45) is 0 Å². The monoisotopic (exact) mass is 271 g/mol. The van der Waals surface area contributed by atoms with Gasteiger partial charge in [0.2, 0.25) is 0 Å². The predicted molar refractivity (Wildman–Crippen MR) is 80.7 cm³/mol. The fourth-order valence-electron chi connectivity index (χ4n) is 2.67. The Hall–Kier alpha value is -2.03. The maximum absolute atomic E-state index is 10.7. The lowest BCUT2D eigenvalue weighted by atomic mass is 10.1. The Morgan fingerprint density at radius 2 is 1.90 bits per heavy atom. The molecule has 0 aliphatic carbocycles. The molecule has 20 heavy (non-hydrogen) atoms. The van der Waals surface area contributed by atoms with E-state index in [1.54, 1.807) is 0 Å². The molecule has 2 aromatic rings. The highest BCUT2D eigenvalue weighted by Crippen LogP contribution is 2.25. The maximum Gasteiger partial charge on any atom is 0.303 e. The summed E-state index contributed by atoms with van der Waals surface area (Å²) in [4.78, 5) is 10.7. The van der Waals surface area contributed by atoms with Gasteiger partial charge in [-0.3, -0.25) is 4.79 Å². The molecule has 0 amide bonds. The van der Waals surface area contributed by atoms with Crippen LogP contribution >= 0.6 is 0 Å². The van der Waals surface area contributed by atoms with Crippen LogP contribution in [0.3, 0.4) is 0 Å². The normalized spacial score (nSPS) is 10.8. The lowest BCUT2D eigenvalue weighted by molar-refractivity contribution is -0.136. The number of carboxylic acids is 1. The van der Waals surface area contributed by atoms with Crippen LogP contribution in [-0.4, -0.2) is 15.6 Å². The SMILES string of the molecule is Cc1cccc(-n2c(C)cc(CCC(=O)O)c2C)c1C. The van der Waals surface area contributed by atoms with Crippen LogP contribution in [0.5, 0.6) is 0 Å². The second kappa shape index (κ2) is 5.53. The van der Waals surface area contributed by atoms with Crippen LogP contribution in [0.2, 0.25) is 0 Å². The summed E-state index contributed by atoms with van der Waals surface area (Å²) in [6.07, 6.45) is 0.761. The molecule has 0 saturated heterocycles. The van der Waals surface area contributed by atoms with E-state index in [0.717, 1.165) is 17.0 Å². The van der Waals surface area contributed by atoms with Gasteiger partial charge < -0.3 is 9.67 Å². The van der Waals surface area contributed by atoms with Crippen molar-refractivity contribution in [1.82, 2.24) is 4.57 Å². The number of benzene rings is 1. The number of hydrogen-bond donors (Lipinski definition) is 1. The highest BCUT2D eigenvalue weighted by atomic mass is 16.4. The van der Waals surface area contributed by atoms with E-state index in [1.165, 1.54) is 16.8 Å². The van der Waals surface area contributed by atoms with Gasteiger partial charge in [-0.05, 0) is 62.9 Å². The number of aromatic nitrogens is 1. The summed E-state index contributed by atoms with van der Waals surface area (Å²) in [5.74, 6) is -0.749.